The molecule has 0 bridgehead atoms. The molecular weight excluding hydrogens is 218 g/mol. The van der Waals surface area contributed by atoms with Gasteiger partial charge in [0.2, 0.25) is 0 Å². The van der Waals surface area contributed by atoms with E-state index < -0.39 is 12.1 Å². The van der Waals surface area contributed by atoms with Crippen LogP contribution in [0.2, 0.25) is 0 Å². The zero-order valence-electron chi connectivity index (χ0n) is 9.73. The smallest absolute Gasteiger partial charge is 0.407 e. The van der Waals surface area contributed by atoms with E-state index in [0.717, 1.165) is 5.56 Å². The van der Waals surface area contributed by atoms with Crippen LogP contribution >= 0.6 is 0 Å². The normalized spacial score (nSPS) is 16.5. The molecule has 0 spiro atoms. The summed E-state index contributed by atoms with van der Waals surface area (Å²) in [6, 6.07) is 6.89. The van der Waals surface area contributed by atoms with Crippen molar-refractivity contribution in [3.8, 4) is 0 Å². The monoisotopic (exact) mass is 233 g/mol. The van der Waals surface area contributed by atoms with Crippen LogP contribution < -0.4 is 5.32 Å². The van der Waals surface area contributed by atoms with E-state index >= 15 is 0 Å². The third-order valence-corrected chi connectivity index (χ3v) is 2.50. The number of amides is 1. The van der Waals surface area contributed by atoms with Gasteiger partial charge in [-0.3, -0.25) is 4.79 Å². The molecule has 1 aromatic carbocycles. The molecular formula is C13H15NO3. The Hall–Kier alpha value is -2.10. The van der Waals surface area contributed by atoms with Gasteiger partial charge >= 0.3 is 6.09 Å². The number of methoxy groups -OCH3 is 1. The average Bonchev–Trinajstić information content (AvgIpc) is 2.69. The van der Waals surface area contributed by atoms with Gasteiger partial charge in [0, 0.05) is 12.0 Å². The number of benzene rings is 1. The van der Waals surface area contributed by atoms with Crippen LogP contribution in [0.15, 0.2) is 37.4 Å². The summed E-state index contributed by atoms with van der Waals surface area (Å²) in [7, 11) is 1.28. The molecule has 0 aromatic heterocycles. The van der Waals surface area contributed by atoms with Gasteiger partial charge in [0.05, 0.1) is 13.2 Å². The van der Waals surface area contributed by atoms with Gasteiger partial charge < -0.3 is 10.1 Å². The van der Waals surface area contributed by atoms with Gasteiger partial charge in [0.25, 0.3) is 0 Å². The number of fused-ring (bicyclic) bond motifs is 1. The molecule has 1 unspecified atom stereocenters. The standard InChI is InChI=1S/C11H11NO3.C2H4/c1-15-11(14)12-9-6-7-4-2-3-5-8(7)10(9)13;1-2/h2-5,9H,6H2,1H3,(H,12,14);1-2H2. The highest BCUT2D eigenvalue weighted by Crippen LogP contribution is 2.21. The molecule has 90 valence electrons. The maximum Gasteiger partial charge on any atom is 0.407 e. The Bertz CT molecular complexity index is 428. The van der Waals surface area contributed by atoms with Crippen LogP contribution in [-0.4, -0.2) is 25.0 Å². The average molecular weight is 233 g/mol. The third-order valence-electron chi connectivity index (χ3n) is 2.50. The lowest BCUT2D eigenvalue weighted by Gasteiger charge is -2.08. The van der Waals surface area contributed by atoms with E-state index in [1.165, 1.54) is 7.11 Å². The molecule has 1 amide bonds. The molecule has 0 heterocycles. The van der Waals surface area contributed by atoms with Gasteiger partial charge in [-0.15, -0.1) is 13.2 Å². The summed E-state index contributed by atoms with van der Waals surface area (Å²) in [5.74, 6) is -0.0454. The summed E-state index contributed by atoms with van der Waals surface area (Å²) >= 11 is 0. The van der Waals surface area contributed by atoms with E-state index in [1.807, 2.05) is 18.2 Å². The summed E-state index contributed by atoms with van der Waals surface area (Å²) in [5, 5.41) is 2.51. The second-order valence-corrected chi connectivity index (χ2v) is 3.41. The summed E-state index contributed by atoms with van der Waals surface area (Å²) in [5.41, 5.74) is 1.67. The molecule has 4 nitrogen and oxygen atoms in total. The third kappa shape index (κ3) is 2.72. The van der Waals surface area contributed by atoms with Crippen molar-refractivity contribution in [1.82, 2.24) is 5.32 Å². The van der Waals surface area contributed by atoms with Crippen LogP contribution in [0.25, 0.3) is 0 Å². The summed E-state index contributed by atoms with van der Waals surface area (Å²) in [4.78, 5) is 22.8. The first kappa shape index (κ1) is 13.0. The number of Topliss-reactive ketones (excluding diaryl/α,β-unsaturated/α-hetero) is 1. The highest BCUT2D eigenvalue weighted by Gasteiger charge is 2.31. The minimum absolute atomic E-state index is 0.0454. The van der Waals surface area contributed by atoms with Gasteiger partial charge in [-0.25, -0.2) is 4.79 Å². The molecule has 2 rings (SSSR count). The Labute approximate surface area is 100 Å². The maximum atomic E-state index is 11.8. The molecule has 1 N–H and O–H groups in total. The molecule has 1 aromatic rings. The number of ether oxygens (including phenoxy) is 1. The predicted octanol–water partition coefficient (Wildman–Crippen LogP) is 1.95. The van der Waals surface area contributed by atoms with Crippen molar-refractivity contribution in [3.05, 3.63) is 48.6 Å². The number of carbonyl (C=O) groups is 2. The van der Waals surface area contributed by atoms with Crippen molar-refractivity contribution in [1.29, 1.82) is 0 Å². The Morgan fingerprint density at radius 3 is 2.65 bits per heavy atom. The topological polar surface area (TPSA) is 55.4 Å². The largest absolute Gasteiger partial charge is 0.453 e. The Morgan fingerprint density at radius 1 is 1.41 bits per heavy atom. The van der Waals surface area contributed by atoms with Crippen LogP contribution in [-0.2, 0) is 11.2 Å². The minimum Gasteiger partial charge on any atom is -0.453 e. The molecule has 1 aliphatic rings. The fourth-order valence-corrected chi connectivity index (χ4v) is 1.76. The molecule has 17 heavy (non-hydrogen) atoms. The van der Waals surface area contributed by atoms with Gasteiger partial charge in [-0.05, 0) is 5.56 Å². The lowest BCUT2D eigenvalue weighted by atomic mass is 10.1. The second kappa shape index (κ2) is 5.84. The first-order valence-electron chi connectivity index (χ1n) is 5.19. The first-order chi connectivity index (χ1) is 8.22. The molecule has 0 aliphatic heterocycles. The number of nitrogens with one attached hydrogen (secondary N) is 1. The lowest BCUT2D eigenvalue weighted by Crippen LogP contribution is -2.38. The SMILES string of the molecule is C=C.COC(=O)NC1Cc2ccccc2C1=O. The van der Waals surface area contributed by atoms with E-state index in [4.69, 9.17) is 0 Å². The number of rotatable bonds is 1. The van der Waals surface area contributed by atoms with Gasteiger partial charge in [0.1, 0.15) is 0 Å². The number of hydrogen-bond donors (Lipinski definition) is 1. The Balaban J connectivity index is 0.000000686. The molecule has 1 atom stereocenters. The van der Waals surface area contributed by atoms with Crippen molar-refractivity contribution >= 4 is 11.9 Å². The van der Waals surface area contributed by atoms with E-state index in [2.05, 4.69) is 23.2 Å². The van der Waals surface area contributed by atoms with Crippen LogP contribution in [0.1, 0.15) is 15.9 Å². The molecule has 4 heteroatoms. The lowest BCUT2D eigenvalue weighted by molar-refractivity contribution is 0.0947. The van der Waals surface area contributed by atoms with E-state index in [0.29, 0.717) is 12.0 Å². The quantitative estimate of drug-likeness (QED) is 0.754. The highest BCUT2D eigenvalue weighted by atomic mass is 16.5. The predicted molar refractivity (Wildman–Crippen MR) is 65.1 cm³/mol. The maximum absolute atomic E-state index is 11.8. The van der Waals surface area contributed by atoms with Crippen molar-refractivity contribution in [2.45, 2.75) is 12.5 Å². The first-order valence-corrected chi connectivity index (χ1v) is 5.19. The molecule has 0 radical (unpaired) electrons. The van der Waals surface area contributed by atoms with Crippen molar-refractivity contribution in [3.63, 3.8) is 0 Å². The number of alkyl carbamates (subject to hydrolysis) is 1. The van der Waals surface area contributed by atoms with Crippen molar-refractivity contribution in [2.75, 3.05) is 7.11 Å². The summed E-state index contributed by atoms with van der Waals surface area (Å²) < 4.78 is 4.46. The van der Waals surface area contributed by atoms with Gasteiger partial charge in [0.15, 0.2) is 5.78 Å². The molecule has 0 saturated carbocycles. The molecule has 1 aliphatic carbocycles. The highest BCUT2D eigenvalue weighted by molar-refractivity contribution is 6.05. The van der Waals surface area contributed by atoms with E-state index in [1.54, 1.807) is 6.07 Å². The number of hydrogen-bond acceptors (Lipinski definition) is 3. The zero-order chi connectivity index (χ0) is 12.8. The summed E-state index contributed by atoms with van der Waals surface area (Å²) in [6.45, 7) is 6.00. The molecule has 0 fully saturated rings. The van der Waals surface area contributed by atoms with Crippen molar-refractivity contribution < 1.29 is 14.3 Å². The molecule has 0 saturated heterocycles. The van der Waals surface area contributed by atoms with Gasteiger partial charge in [-0.2, -0.15) is 0 Å². The van der Waals surface area contributed by atoms with E-state index in [-0.39, 0.29) is 5.78 Å². The number of carbonyl (C=O) groups excluding carboxylic acids is 2. The summed E-state index contributed by atoms with van der Waals surface area (Å²) in [6.07, 6.45) is -0.0226. The van der Waals surface area contributed by atoms with E-state index in [9.17, 15) is 9.59 Å². The zero-order valence-corrected chi connectivity index (χ0v) is 9.73. The Kier molecular flexibility index (Phi) is 4.46. The van der Waals surface area contributed by atoms with Crippen LogP contribution in [0.4, 0.5) is 4.79 Å². The van der Waals surface area contributed by atoms with Gasteiger partial charge in [-0.1, -0.05) is 24.3 Å². The Morgan fingerprint density at radius 2 is 2.06 bits per heavy atom. The number of ketones is 1. The fraction of sp³-hybridized carbons (Fsp3) is 0.231. The minimum atomic E-state index is -0.568. The van der Waals surface area contributed by atoms with Crippen LogP contribution in [0.3, 0.4) is 0 Å². The van der Waals surface area contributed by atoms with Crippen LogP contribution in [0, 0.1) is 0 Å². The second-order valence-electron chi connectivity index (χ2n) is 3.41. The van der Waals surface area contributed by atoms with Crippen molar-refractivity contribution in [2.24, 2.45) is 0 Å². The van der Waals surface area contributed by atoms with Crippen LogP contribution in [0.5, 0.6) is 0 Å². The fourth-order valence-electron chi connectivity index (χ4n) is 1.76.